The van der Waals surface area contributed by atoms with Gasteiger partial charge < -0.3 is 15.5 Å². The van der Waals surface area contributed by atoms with E-state index in [1.54, 1.807) is 0 Å². The van der Waals surface area contributed by atoms with Crippen LogP contribution in [0.25, 0.3) is 0 Å². The van der Waals surface area contributed by atoms with Crippen molar-refractivity contribution in [2.75, 3.05) is 31.1 Å². The van der Waals surface area contributed by atoms with Gasteiger partial charge in [-0.25, -0.2) is 0 Å². The predicted octanol–water partition coefficient (Wildman–Crippen LogP) is 1.80. The van der Waals surface area contributed by atoms with Gasteiger partial charge >= 0.3 is 0 Å². The van der Waals surface area contributed by atoms with Crippen LogP contribution in [0.15, 0.2) is 47.7 Å². The molecule has 6 heteroatoms. The normalized spacial score (nSPS) is 17.8. The zero-order chi connectivity index (χ0) is 17.5. The summed E-state index contributed by atoms with van der Waals surface area (Å²) in [5.41, 5.74) is 2.52. The molecule has 0 saturated carbocycles. The molecular weight excluding hydrogens is 312 g/mol. The number of guanidine groups is 1. The average molecular weight is 340 g/mol. The van der Waals surface area contributed by atoms with Crippen molar-refractivity contribution < 1.29 is 0 Å². The minimum atomic E-state index is 0.427. The molecule has 1 aliphatic rings. The fraction of sp³-hybridized carbons (Fsp3) is 0.474. The lowest BCUT2D eigenvalue weighted by Crippen LogP contribution is -2.44. The molecule has 0 radical (unpaired) electrons. The maximum absolute atomic E-state index is 4.72. The van der Waals surface area contributed by atoms with Crippen molar-refractivity contribution in [3.63, 3.8) is 0 Å². The first-order valence-electron chi connectivity index (χ1n) is 9.07. The van der Waals surface area contributed by atoms with Gasteiger partial charge in [-0.05, 0) is 37.5 Å². The van der Waals surface area contributed by atoms with Crippen molar-refractivity contribution in [1.82, 2.24) is 20.4 Å². The third kappa shape index (κ3) is 4.98. The molecule has 2 heterocycles. The zero-order valence-corrected chi connectivity index (χ0v) is 15.2. The van der Waals surface area contributed by atoms with E-state index in [9.17, 15) is 0 Å². The van der Waals surface area contributed by atoms with Crippen LogP contribution in [0.1, 0.15) is 18.9 Å². The Hall–Kier alpha value is -2.50. The van der Waals surface area contributed by atoms with E-state index in [-0.39, 0.29) is 0 Å². The quantitative estimate of drug-likeness (QED) is 0.622. The standard InChI is InChI=1S/C19H28N6/c1-3-20-19(21-11-9-16-13-22-24(2)14-16)23-17-10-12-25(15-17)18-7-5-4-6-8-18/h4-8,13-14,17H,3,9-12,15H2,1-2H3,(H2,20,21,23). The first-order valence-corrected chi connectivity index (χ1v) is 9.07. The van der Waals surface area contributed by atoms with Crippen LogP contribution in [0.5, 0.6) is 0 Å². The van der Waals surface area contributed by atoms with E-state index in [1.807, 2.05) is 24.1 Å². The minimum Gasteiger partial charge on any atom is -0.369 e. The Morgan fingerprint density at radius 1 is 1.32 bits per heavy atom. The summed E-state index contributed by atoms with van der Waals surface area (Å²) in [6.45, 7) is 5.82. The van der Waals surface area contributed by atoms with Crippen LogP contribution in [-0.2, 0) is 13.5 Å². The SMILES string of the molecule is CCNC(=NCCc1cnn(C)c1)NC1CCN(c2ccccc2)C1. The Bertz CT molecular complexity index is 678. The summed E-state index contributed by atoms with van der Waals surface area (Å²) in [5.74, 6) is 0.909. The number of rotatable bonds is 6. The molecule has 0 bridgehead atoms. The molecule has 134 valence electrons. The van der Waals surface area contributed by atoms with Crippen LogP contribution < -0.4 is 15.5 Å². The van der Waals surface area contributed by atoms with Crippen LogP contribution in [0.4, 0.5) is 5.69 Å². The summed E-state index contributed by atoms with van der Waals surface area (Å²) in [6, 6.07) is 11.0. The van der Waals surface area contributed by atoms with Gasteiger partial charge in [0, 0.05) is 51.2 Å². The molecule has 1 fully saturated rings. The second-order valence-electron chi connectivity index (χ2n) is 6.44. The molecule has 3 rings (SSSR count). The first kappa shape index (κ1) is 17.3. The van der Waals surface area contributed by atoms with Crippen molar-refractivity contribution in [3.05, 3.63) is 48.3 Å². The van der Waals surface area contributed by atoms with E-state index >= 15 is 0 Å². The molecular formula is C19H28N6. The van der Waals surface area contributed by atoms with Gasteiger partial charge in [-0.1, -0.05) is 18.2 Å². The van der Waals surface area contributed by atoms with Crippen molar-refractivity contribution in [2.45, 2.75) is 25.8 Å². The largest absolute Gasteiger partial charge is 0.369 e. The van der Waals surface area contributed by atoms with Crippen LogP contribution in [-0.4, -0.2) is 48.0 Å². The number of nitrogens with zero attached hydrogens (tertiary/aromatic N) is 4. The molecule has 2 N–H and O–H groups in total. The molecule has 1 aromatic heterocycles. The molecule has 25 heavy (non-hydrogen) atoms. The summed E-state index contributed by atoms with van der Waals surface area (Å²) >= 11 is 0. The molecule has 6 nitrogen and oxygen atoms in total. The van der Waals surface area contributed by atoms with Gasteiger partial charge in [0.25, 0.3) is 0 Å². The van der Waals surface area contributed by atoms with Crippen molar-refractivity contribution in [1.29, 1.82) is 0 Å². The molecule has 1 unspecified atom stereocenters. The van der Waals surface area contributed by atoms with Gasteiger partial charge in [-0.15, -0.1) is 0 Å². The lowest BCUT2D eigenvalue weighted by molar-refractivity contribution is 0.649. The number of anilines is 1. The molecule has 0 spiro atoms. The number of nitrogens with one attached hydrogen (secondary N) is 2. The molecule has 0 amide bonds. The molecule has 0 aliphatic carbocycles. The van der Waals surface area contributed by atoms with E-state index in [0.717, 1.165) is 45.0 Å². The number of hydrogen-bond donors (Lipinski definition) is 2. The van der Waals surface area contributed by atoms with Gasteiger partial charge in [0.2, 0.25) is 0 Å². The second-order valence-corrected chi connectivity index (χ2v) is 6.44. The summed E-state index contributed by atoms with van der Waals surface area (Å²) in [7, 11) is 1.94. The van der Waals surface area contributed by atoms with E-state index in [1.165, 1.54) is 11.3 Å². The summed E-state index contributed by atoms with van der Waals surface area (Å²) in [6.07, 6.45) is 5.99. The summed E-state index contributed by atoms with van der Waals surface area (Å²) in [4.78, 5) is 7.15. The number of aryl methyl sites for hydroxylation is 1. The molecule has 1 aliphatic heterocycles. The first-order chi connectivity index (χ1) is 12.2. The number of hydrogen-bond acceptors (Lipinski definition) is 3. The van der Waals surface area contributed by atoms with Crippen LogP contribution in [0.3, 0.4) is 0 Å². The molecule has 2 aromatic rings. The summed E-state index contributed by atoms with van der Waals surface area (Å²) < 4.78 is 1.83. The van der Waals surface area contributed by atoms with Gasteiger partial charge in [0.1, 0.15) is 0 Å². The van der Waals surface area contributed by atoms with E-state index in [4.69, 9.17) is 4.99 Å². The topological polar surface area (TPSA) is 57.5 Å². The van der Waals surface area contributed by atoms with E-state index in [2.05, 4.69) is 57.9 Å². The molecule has 1 atom stereocenters. The highest BCUT2D eigenvalue weighted by molar-refractivity contribution is 5.80. The van der Waals surface area contributed by atoms with Crippen LogP contribution in [0.2, 0.25) is 0 Å². The van der Waals surface area contributed by atoms with Gasteiger partial charge in [0.15, 0.2) is 5.96 Å². The smallest absolute Gasteiger partial charge is 0.191 e. The van der Waals surface area contributed by atoms with Gasteiger partial charge in [0.05, 0.1) is 6.20 Å². The number of benzene rings is 1. The highest BCUT2D eigenvalue weighted by atomic mass is 15.2. The van der Waals surface area contributed by atoms with Crippen molar-refractivity contribution >= 4 is 11.6 Å². The Kier molecular flexibility index (Phi) is 5.93. The number of aromatic nitrogens is 2. The Labute approximate surface area is 149 Å². The number of para-hydroxylation sites is 1. The van der Waals surface area contributed by atoms with Gasteiger partial charge in [-0.3, -0.25) is 9.67 Å². The van der Waals surface area contributed by atoms with Crippen LogP contribution in [0, 0.1) is 0 Å². The zero-order valence-electron chi connectivity index (χ0n) is 15.2. The van der Waals surface area contributed by atoms with Crippen molar-refractivity contribution in [2.24, 2.45) is 12.0 Å². The maximum Gasteiger partial charge on any atom is 0.191 e. The van der Waals surface area contributed by atoms with Crippen molar-refractivity contribution in [3.8, 4) is 0 Å². The lowest BCUT2D eigenvalue weighted by atomic mass is 10.2. The fourth-order valence-electron chi connectivity index (χ4n) is 3.16. The Morgan fingerprint density at radius 2 is 2.16 bits per heavy atom. The average Bonchev–Trinajstić information content (AvgIpc) is 3.25. The monoisotopic (exact) mass is 340 g/mol. The molecule has 1 aromatic carbocycles. The summed E-state index contributed by atoms with van der Waals surface area (Å²) in [5, 5.41) is 11.1. The maximum atomic E-state index is 4.72. The highest BCUT2D eigenvalue weighted by Gasteiger charge is 2.23. The lowest BCUT2D eigenvalue weighted by Gasteiger charge is -2.20. The Morgan fingerprint density at radius 3 is 2.88 bits per heavy atom. The van der Waals surface area contributed by atoms with Crippen LogP contribution >= 0.6 is 0 Å². The minimum absolute atomic E-state index is 0.427. The van der Waals surface area contributed by atoms with E-state index < -0.39 is 0 Å². The Balaban J connectivity index is 1.52. The second kappa shape index (κ2) is 8.55. The van der Waals surface area contributed by atoms with E-state index in [0.29, 0.717) is 6.04 Å². The predicted molar refractivity (Wildman–Crippen MR) is 103 cm³/mol. The fourth-order valence-corrected chi connectivity index (χ4v) is 3.16. The molecule has 1 saturated heterocycles. The van der Waals surface area contributed by atoms with Gasteiger partial charge in [-0.2, -0.15) is 5.10 Å². The third-order valence-corrected chi connectivity index (χ3v) is 4.42. The number of aliphatic imine (C=N–C) groups is 1. The third-order valence-electron chi connectivity index (χ3n) is 4.42. The highest BCUT2D eigenvalue weighted by Crippen LogP contribution is 2.19.